The number of anilines is 1. The van der Waals surface area contributed by atoms with Crippen LogP contribution in [-0.2, 0) is 9.84 Å². The number of ether oxygens (including phenoxy) is 1. The first-order chi connectivity index (χ1) is 12.8. The molecule has 27 heavy (non-hydrogen) atoms. The predicted octanol–water partition coefficient (Wildman–Crippen LogP) is 3.49. The largest absolute Gasteiger partial charge is 0.494 e. The maximum Gasteiger partial charge on any atom is 0.341 e. The Morgan fingerprint density at radius 3 is 2.44 bits per heavy atom. The molecule has 1 aromatic heterocycles. The number of hydrogen-bond acceptors (Lipinski definition) is 5. The lowest BCUT2D eigenvalue weighted by Gasteiger charge is -2.11. The Bertz CT molecular complexity index is 1100. The summed E-state index contributed by atoms with van der Waals surface area (Å²) in [5.41, 5.74) is 1.17. The number of hydrogen-bond donors (Lipinski definition) is 1. The molecule has 3 aromatic rings. The van der Waals surface area contributed by atoms with Crippen LogP contribution in [0.2, 0.25) is 0 Å². The molecule has 0 fully saturated rings. The number of sulfone groups is 1. The third-order valence-corrected chi connectivity index (χ3v) is 5.28. The molecule has 0 saturated carbocycles. The number of alkyl halides is 2. The molecule has 0 bridgehead atoms. The molecule has 3 rings (SSSR count). The minimum absolute atomic E-state index is 0.121. The molecule has 0 unspecified atom stereocenters. The number of carbonyl (C=O) groups is 1. The Morgan fingerprint density at radius 2 is 1.81 bits per heavy atom. The van der Waals surface area contributed by atoms with Crippen molar-refractivity contribution in [1.82, 2.24) is 4.98 Å². The second-order valence-electron chi connectivity index (χ2n) is 5.50. The van der Waals surface area contributed by atoms with Crippen LogP contribution >= 0.6 is 0 Å². The zero-order valence-corrected chi connectivity index (χ0v) is 14.8. The average molecular weight is 392 g/mol. The average Bonchev–Trinajstić information content (AvgIpc) is 2.68. The topological polar surface area (TPSA) is 85.4 Å². The fourth-order valence-electron chi connectivity index (χ4n) is 2.51. The van der Waals surface area contributed by atoms with E-state index in [-0.39, 0.29) is 5.56 Å². The molecule has 0 aliphatic rings. The summed E-state index contributed by atoms with van der Waals surface area (Å²) in [6.45, 7) is 0. The van der Waals surface area contributed by atoms with E-state index in [1.54, 1.807) is 30.5 Å². The Labute approximate surface area is 153 Å². The van der Waals surface area contributed by atoms with Crippen molar-refractivity contribution in [3.05, 3.63) is 60.3 Å². The van der Waals surface area contributed by atoms with Gasteiger partial charge in [-0.1, -0.05) is 0 Å². The van der Waals surface area contributed by atoms with Crippen LogP contribution in [0.25, 0.3) is 10.9 Å². The lowest BCUT2D eigenvalue weighted by Crippen LogP contribution is -2.14. The van der Waals surface area contributed by atoms with E-state index in [9.17, 15) is 22.0 Å². The van der Waals surface area contributed by atoms with E-state index < -0.39 is 26.4 Å². The van der Waals surface area contributed by atoms with E-state index in [1.165, 1.54) is 19.2 Å². The van der Waals surface area contributed by atoms with E-state index >= 15 is 0 Å². The van der Waals surface area contributed by atoms with Gasteiger partial charge in [0.1, 0.15) is 11.3 Å². The first-order valence-electron chi connectivity index (χ1n) is 7.70. The van der Waals surface area contributed by atoms with E-state index in [1.807, 2.05) is 0 Å². The molecule has 0 atom stereocenters. The van der Waals surface area contributed by atoms with Crippen molar-refractivity contribution in [3.8, 4) is 5.75 Å². The van der Waals surface area contributed by atoms with Crippen LogP contribution in [0, 0.1) is 0 Å². The van der Waals surface area contributed by atoms with E-state index in [0.717, 1.165) is 12.1 Å². The summed E-state index contributed by atoms with van der Waals surface area (Å²) in [5, 5.41) is 3.36. The molecule has 6 nitrogen and oxygen atoms in total. The molecular weight excluding hydrogens is 378 g/mol. The minimum Gasteiger partial charge on any atom is -0.494 e. The third kappa shape index (κ3) is 3.59. The maximum atomic E-state index is 12.6. The quantitative estimate of drug-likeness (QED) is 0.718. The molecule has 0 radical (unpaired) electrons. The number of halogens is 2. The van der Waals surface area contributed by atoms with Crippen LogP contribution in [0.3, 0.4) is 0 Å². The van der Waals surface area contributed by atoms with Gasteiger partial charge in [-0.15, -0.1) is 0 Å². The summed E-state index contributed by atoms with van der Waals surface area (Å²) in [4.78, 5) is 16.1. The standard InChI is InChI=1S/C18H14F2N2O4S/c1-26-15-9-8-14(13-3-2-10-21-16(13)15)22-17(23)11-4-6-12(7-5-11)27(24,25)18(19)20/h2-10,18H,1H3,(H,22,23). The molecule has 9 heteroatoms. The lowest BCUT2D eigenvalue weighted by atomic mass is 10.1. The number of pyridine rings is 1. The van der Waals surface area contributed by atoms with Crippen LogP contribution in [-0.4, -0.2) is 32.2 Å². The van der Waals surface area contributed by atoms with Gasteiger partial charge in [0.25, 0.3) is 5.91 Å². The Kier molecular flexibility index (Phi) is 5.04. The lowest BCUT2D eigenvalue weighted by molar-refractivity contribution is 0.102. The highest BCUT2D eigenvalue weighted by atomic mass is 32.2. The van der Waals surface area contributed by atoms with Gasteiger partial charge in [-0.25, -0.2) is 8.42 Å². The van der Waals surface area contributed by atoms with E-state index in [4.69, 9.17) is 4.74 Å². The summed E-state index contributed by atoms with van der Waals surface area (Å²) >= 11 is 0. The summed E-state index contributed by atoms with van der Waals surface area (Å²) in [6, 6.07) is 11.1. The molecule has 1 amide bonds. The highest BCUT2D eigenvalue weighted by molar-refractivity contribution is 7.91. The SMILES string of the molecule is COc1ccc(NC(=O)c2ccc(S(=O)(=O)C(F)F)cc2)c2cccnc12. The van der Waals surface area contributed by atoms with Gasteiger partial charge in [0.05, 0.1) is 17.7 Å². The van der Waals surface area contributed by atoms with Crippen molar-refractivity contribution < 1.29 is 26.7 Å². The van der Waals surface area contributed by atoms with Gasteiger partial charge in [0.2, 0.25) is 9.84 Å². The van der Waals surface area contributed by atoms with Gasteiger partial charge < -0.3 is 10.1 Å². The molecule has 140 valence electrons. The Balaban J connectivity index is 1.89. The summed E-state index contributed by atoms with van der Waals surface area (Å²) in [6.07, 6.45) is 1.60. The third-order valence-electron chi connectivity index (χ3n) is 3.88. The Hall–Kier alpha value is -3.07. The van der Waals surface area contributed by atoms with E-state index in [0.29, 0.717) is 22.3 Å². The highest BCUT2D eigenvalue weighted by Crippen LogP contribution is 2.30. The maximum absolute atomic E-state index is 12.6. The van der Waals surface area contributed by atoms with Crippen molar-refractivity contribution in [3.63, 3.8) is 0 Å². The van der Waals surface area contributed by atoms with E-state index in [2.05, 4.69) is 10.3 Å². The highest BCUT2D eigenvalue weighted by Gasteiger charge is 2.26. The number of nitrogens with one attached hydrogen (secondary N) is 1. The van der Waals surface area contributed by atoms with Crippen LogP contribution < -0.4 is 10.1 Å². The number of benzene rings is 2. The number of aromatic nitrogens is 1. The van der Waals surface area contributed by atoms with Crippen molar-refractivity contribution in [2.75, 3.05) is 12.4 Å². The molecule has 0 aliphatic carbocycles. The van der Waals surface area contributed by atoms with Crippen molar-refractivity contribution in [2.24, 2.45) is 0 Å². The molecule has 1 N–H and O–H groups in total. The van der Waals surface area contributed by atoms with Crippen molar-refractivity contribution in [2.45, 2.75) is 10.7 Å². The number of fused-ring (bicyclic) bond motifs is 1. The van der Waals surface area contributed by atoms with Gasteiger partial charge in [-0.2, -0.15) is 8.78 Å². The molecular formula is C18H14F2N2O4S. The van der Waals surface area contributed by atoms with Crippen LogP contribution in [0.15, 0.2) is 59.6 Å². The first kappa shape index (κ1) is 18.7. The minimum atomic E-state index is -4.70. The second-order valence-corrected chi connectivity index (χ2v) is 7.42. The van der Waals surface area contributed by atoms with Gasteiger partial charge >= 0.3 is 5.76 Å². The molecule has 0 spiro atoms. The number of rotatable bonds is 5. The fourth-order valence-corrected chi connectivity index (χ4v) is 3.23. The number of amides is 1. The molecule has 0 aliphatic heterocycles. The fraction of sp³-hybridized carbons (Fsp3) is 0.111. The second kappa shape index (κ2) is 7.28. The van der Waals surface area contributed by atoms with Crippen LogP contribution in [0.5, 0.6) is 5.75 Å². The smallest absolute Gasteiger partial charge is 0.341 e. The Morgan fingerprint density at radius 1 is 1.11 bits per heavy atom. The van der Waals surface area contributed by atoms with Crippen LogP contribution in [0.1, 0.15) is 10.4 Å². The molecule has 1 heterocycles. The zero-order chi connectivity index (χ0) is 19.6. The molecule has 2 aromatic carbocycles. The number of methoxy groups -OCH3 is 1. The van der Waals surface area contributed by atoms with Crippen LogP contribution in [0.4, 0.5) is 14.5 Å². The predicted molar refractivity (Wildman–Crippen MR) is 95.9 cm³/mol. The summed E-state index contributed by atoms with van der Waals surface area (Å²) in [7, 11) is -3.19. The van der Waals surface area contributed by atoms with Crippen molar-refractivity contribution >= 4 is 32.3 Å². The van der Waals surface area contributed by atoms with Gasteiger partial charge in [-0.05, 0) is 48.5 Å². The first-order valence-corrected chi connectivity index (χ1v) is 9.24. The number of nitrogens with zero attached hydrogens (tertiary/aromatic N) is 1. The summed E-state index contributed by atoms with van der Waals surface area (Å²) < 4.78 is 53.3. The zero-order valence-electron chi connectivity index (χ0n) is 14.0. The summed E-state index contributed by atoms with van der Waals surface area (Å²) in [5.74, 6) is -3.49. The molecule has 0 saturated heterocycles. The van der Waals surface area contributed by atoms with Gasteiger partial charge in [-0.3, -0.25) is 9.78 Å². The van der Waals surface area contributed by atoms with Gasteiger partial charge in [0.15, 0.2) is 0 Å². The van der Waals surface area contributed by atoms with Gasteiger partial charge in [0, 0.05) is 17.1 Å². The van der Waals surface area contributed by atoms with Crippen molar-refractivity contribution in [1.29, 1.82) is 0 Å². The number of carbonyl (C=O) groups excluding carboxylic acids is 1. The normalized spacial score (nSPS) is 11.6. The monoisotopic (exact) mass is 392 g/mol.